The molecule has 7 nitrogen and oxygen atoms in total. The normalized spacial score (nSPS) is 13.2. The summed E-state index contributed by atoms with van der Waals surface area (Å²) in [5, 5.41) is 11.4. The summed E-state index contributed by atoms with van der Waals surface area (Å²) in [4.78, 5) is 29.6. The van der Waals surface area contributed by atoms with Crippen LogP contribution in [0.25, 0.3) is 11.0 Å². The van der Waals surface area contributed by atoms with E-state index in [-0.39, 0.29) is 23.3 Å². The molecular formula is C14H15F3N4O3. The van der Waals surface area contributed by atoms with Crippen molar-refractivity contribution in [2.24, 2.45) is 0 Å². The number of amides is 1. The lowest BCUT2D eigenvalue weighted by Gasteiger charge is -2.20. The number of aromatic amines is 1. The van der Waals surface area contributed by atoms with Crippen LogP contribution in [0.1, 0.15) is 12.7 Å². The Hall–Kier alpha value is -2.62. The number of H-pyrrole nitrogens is 1. The van der Waals surface area contributed by atoms with Gasteiger partial charge in [0.05, 0.1) is 17.6 Å². The van der Waals surface area contributed by atoms with Crippen LogP contribution in [0.4, 0.5) is 18.9 Å². The highest BCUT2D eigenvalue weighted by atomic mass is 19.4. The molecule has 1 amide bonds. The molecule has 0 aliphatic rings. The third-order valence-corrected chi connectivity index (χ3v) is 3.45. The zero-order chi connectivity index (χ0) is 18.1. The van der Waals surface area contributed by atoms with Gasteiger partial charge in [0, 0.05) is 5.69 Å². The predicted molar refractivity (Wildman–Crippen MR) is 79.5 cm³/mol. The van der Waals surface area contributed by atoms with Gasteiger partial charge in [-0.05, 0) is 32.2 Å². The predicted octanol–water partition coefficient (Wildman–Crippen LogP) is 1.93. The summed E-state index contributed by atoms with van der Waals surface area (Å²) in [5.74, 6) is -2.67. The molecule has 2 rings (SSSR count). The van der Waals surface area contributed by atoms with E-state index in [1.807, 2.05) is 0 Å². The van der Waals surface area contributed by atoms with Gasteiger partial charge in [-0.25, -0.2) is 4.98 Å². The molecule has 2 aromatic rings. The smallest absolute Gasteiger partial charge is 0.449 e. The first-order chi connectivity index (χ1) is 11.1. The third-order valence-electron chi connectivity index (χ3n) is 3.45. The summed E-state index contributed by atoms with van der Waals surface area (Å²) in [6.07, 6.45) is -4.59. The number of rotatable bonds is 5. The number of carbonyl (C=O) groups excluding carboxylic acids is 1. The van der Waals surface area contributed by atoms with Crippen molar-refractivity contribution >= 4 is 28.6 Å². The number of imidazole rings is 1. The fourth-order valence-electron chi connectivity index (χ4n) is 1.97. The summed E-state index contributed by atoms with van der Waals surface area (Å²) >= 11 is 0. The average molecular weight is 344 g/mol. The second-order valence-electron chi connectivity index (χ2n) is 5.29. The minimum Gasteiger partial charge on any atom is -0.480 e. The van der Waals surface area contributed by atoms with Gasteiger partial charge in [-0.1, -0.05) is 0 Å². The zero-order valence-electron chi connectivity index (χ0n) is 12.8. The number of halogens is 3. The molecule has 3 N–H and O–H groups in total. The Balaban J connectivity index is 2.10. The van der Waals surface area contributed by atoms with Crippen LogP contribution >= 0.6 is 0 Å². The molecule has 0 saturated carbocycles. The first kappa shape index (κ1) is 17.7. The lowest BCUT2D eigenvalue weighted by Crippen LogP contribution is -2.40. The van der Waals surface area contributed by atoms with Gasteiger partial charge in [0.2, 0.25) is 11.7 Å². The molecule has 0 aliphatic carbocycles. The number of hydrogen-bond acceptors (Lipinski definition) is 4. The van der Waals surface area contributed by atoms with Crippen LogP contribution in [0.2, 0.25) is 0 Å². The largest absolute Gasteiger partial charge is 0.480 e. The maximum absolute atomic E-state index is 12.6. The molecule has 24 heavy (non-hydrogen) atoms. The van der Waals surface area contributed by atoms with Crippen LogP contribution in [-0.4, -0.2) is 51.5 Å². The number of carboxylic acids is 1. The van der Waals surface area contributed by atoms with Crippen molar-refractivity contribution in [1.82, 2.24) is 14.9 Å². The second kappa shape index (κ2) is 6.48. The number of benzene rings is 1. The van der Waals surface area contributed by atoms with Gasteiger partial charge in [0.25, 0.3) is 0 Å². The molecule has 0 aliphatic heterocycles. The van der Waals surface area contributed by atoms with Gasteiger partial charge >= 0.3 is 12.1 Å². The quantitative estimate of drug-likeness (QED) is 0.770. The first-order valence-corrected chi connectivity index (χ1v) is 6.88. The van der Waals surface area contributed by atoms with E-state index in [4.69, 9.17) is 5.11 Å². The molecule has 1 aromatic carbocycles. The molecule has 0 spiro atoms. The molecule has 1 heterocycles. The van der Waals surface area contributed by atoms with Crippen LogP contribution in [0, 0.1) is 0 Å². The highest BCUT2D eigenvalue weighted by Gasteiger charge is 2.34. The minimum atomic E-state index is -4.59. The number of aliphatic carboxylic acids is 1. The van der Waals surface area contributed by atoms with Gasteiger partial charge in [0.1, 0.15) is 6.04 Å². The van der Waals surface area contributed by atoms with E-state index in [0.717, 1.165) is 0 Å². The van der Waals surface area contributed by atoms with E-state index in [1.165, 1.54) is 37.1 Å². The Morgan fingerprint density at radius 2 is 2.08 bits per heavy atom. The molecule has 0 saturated heterocycles. The SMILES string of the molecule is CC(C(=O)O)N(C)CC(=O)Nc1ccc2nc(C(F)(F)F)[nH]c2c1. The lowest BCUT2D eigenvalue weighted by molar-refractivity contribution is -0.144. The number of carboxylic acid groups (broad SMARTS) is 1. The second-order valence-corrected chi connectivity index (χ2v) is 5.29. The summed E-state index contributed by atoms with van der Waals surface area (Å²) in [6.45, 7) is 1.26. The van der Waals surface area contributed by atoms with Crippen molar-refractivity contribution in [3.63, 3.8) is 0 Å². The standard InChI is InChI=1S/C14H15F3N4O3/c1-7(12(23)24)21(2)6-11(22)18-8-3-4-9-10(5-8)20-13(19-9)14(15,16)17/h3-5,7H,6H2,1-2H3,(H,18,22)(H,19,20)(H,23,24). The van der Waals surface area contributed by atoms with E-state index in [9.17, 15) is 22.8 Å². The van der Waals surface area contributed by atoms with Crippen molar-refractivity contribution in [3.05, 3.63) is 24.0 Å². The van der Waals surface area contributed by atoms with Gasteiger partial charge in [-0.3, -0.25) is 14.5 Å². The van der Waals surface area contributed by atoms with E-state index in [2.05, 4.69) is 15.3 Å². The fraction of sp³-hybridized carbons (Fsp3) is 0.357. The van der Waals surface area contributed by atoms with Crippen LogP contribution in [0.3, 0.4) is 0 Å². The van der Waals surface area contributed by atoms with Crippen molar-refractivity contribution in [2.75, 3.05) is 18.9 Å². The van der Waals surface area contributed by atoms with Gasteiger partial charge in [-0.2, -0.15) is 13.2 Å². The van der Waals surface area contributed by atoms with Crippen LogP contribution in [0.15, 0.2) is 18.2 Å². The molecule has 0 bridgehead atoms. The number of alkyl halides is 3. The van der Waals surface area contributed by atoms with Crippen molar-refractivity contribution < 1.29 is 27.9 Å². The van der Waals surface area contributed by atoms with Gasteiger partial charge < -0.3 is 15.4 Å². The molecule has 0 fully saturated rings. The Labute approximate surface area is 134 Å². The summed E-state index contributed by atoms with van der Waals surface area (Å²) < 4.78 is 37.8. The summed E-state index contributed by atoms with van der Waals surface area (Å²) in [6, 6.07) is 3.25. The highest BCUT2D eigenvalue weighted by molar-refractivity contribution is 5.94. The fourth-order valence-corrected chi connectivity index (χ4v) is 1.97. The molecule has 0 radical (unpaired) electrons. The Morgan fingerprint density at radius 1 is 1.42 bits per heavy atom. The van der Waals surface area contributed by atoms with Gasteiger partial charge in [0.15, 0.2) is 0 Å². The highest BCUT2D eigenvalue weighted by Crippen LogP contribution is 2.29. The number of hydrogen-bond donors (Lipinski definition) is 3. The lowest BCUT2D eigenvalue weighted by atomic mass is 10.2. The van der Waals surface area contributed by atoms with Gasteiger partial charge in [-0.15, -0.1) is 0 Å². The third kappa shape index (κ3) is 4.02. The molecule has 1 aromatic heterocycles. The summed E-state index contributed by atoms with van der Waals surface area (Å²) in [7, 11) is 1.48. The van der Waals surface area contributed by atoms with Crippen LogP contribution < -0.4 is 5.32 Å². The minimum absolute atomic E-state index is 0.122. The number of likely N-dealkylation sites (N-methyl/N-ethyl adjacent to an activating group) is 1. The topological polar surface area (TPSA) is 98.3 Å². The Morgan fingerprint density at radius 3 is 2.67 bits per heavy atom. The monoisotopic (exact) mass is 344 g/mol. The number of nitrogens with one attached hydrogen (secondary N) is 2. The van der Waals surface area contributed by atoms with Crippen LogP contribution in [-0.2, 0) is 15.8 Å². The van der Waals surface area contributed by atoms with E-state index < -0.39 is 29.9 Å². The Kier molecular flexibility index (Phi) is 4.78. The number of fused-ring (bicyclic) bond motifs is 1. The number of nitrogens with zero attached hydrogens (tertiary/aromatic N) is 2. The molecule has 130 valence electrons. The van der Waals surface area contributed by atoms with Crippen molar-refractivity contribution in [1.29, 1.82) is 0 Å². The molecule has 1 unspecified atom stereocenters. The Bertz CT molecular complexity index is 772. The molecule has 1 atom stereocenters. The van der Waals surface area contributed by atoms with E-state index in [0.29, 0.717) is 0 Å². The average Bonchev–Trinajstić information content (AvgIpc) is 2.89. The number of carbonyl (C=O) groups is 2. The first-order valence-electron chi connectivity index (χ1n) is 6.88. The van der Waals surface area contributed by atoms with E-state index >= 15 is 0 Å². The zero-order valence-corrected chi connectivity index (χ0v) is 12.8. The van der Waals surface area contributed by atoms with Crippen LogP contribution in [0.5, 0.6) is 0 Å². The van der Waals surface area contributed by atoms with Crippen molar-refractivity contribution in [3.8, 4) is 0 Å². The van der Waals surface area contributed by atoms with Crippen molar-refractivity contribution in [2.45, 2.75) is 19.1 Å². The maximum Gasteiger partial charge on any atom is 0.449 e. The molecule has 10 heteroatoms. The summed E-state index contributed by atoms with van der Waals surface area (Å²) in [5.41, 5.74) is 0.533. The maximum atomic E-state index is 12.6. The number of aromatic nitrogens is 2. The molecular weight excluding hydrogens is 329 g/mol. The number of anilines is 1. The van der Waals surface area contributed by atoms with E-state index in [1.54, 1.807) is 0 Å².